The van der Waals surface area contributed by atoms with Gasteiger partial charge >= 0.3 is 5.97 Å². The third-order valence-corrected chi connectivity index (χ3v) is 2.80. The molecule has 2 saturated heterocycles. The Labute approximate surface area is 78.0 Å². The van der Waals surface area contributed by atoms with E-state index < -0.39 is 0 Å². The first-order valence-electron chi connectivity index (χ1n) is 4.97. The van der Waals surface area contributed by atoms with E-state index in [0.29, 0.717) is 12.6 Å². The molecule has 13 heavy (non-hydrogen) atoms. The topological polar surface area (TPSA) is 50.4 Å². The number of hydrogen-bond donors (Lipinski definition) is 2. The quantitative estimate of drug-likeness (QED) is 0.576. The summed E-state index contributed by atoms with van der Waals surface area (Å²) in [5, 5.41) is 6.65. The first-order chi connectivity index (χ1) is 6.31. The Kier molecular flexibility index (Phi) is 2.51. The molecule has 4 nitrogen and oxygen atoms in total. The number of nitrogens with one attached hydrogen (secondary N) is 2. The van der Waals surface area contributed by atoms with Gasteiger partial charge < -0.3 is 15.4 Å². The van der Waals surface area contributed by atoms with Crippen molar-refractivity contribution in [2.75, 3.05) is 13.2 Å². The van der Waals surface area contributed by atoms with Crippen LogP contribution in [0.3, 0.4) is 0 Å². The Morgan fingerprint density at radius 3 is 3.15 bits per heavy atom. The smallest absolute Gasteiger partial charge is 0.324 e. The molecule has 2 heterocycles. The molecule has 74 valence electrons. The van der Waals surface area contributed by atoms with Crippen LogP contribution in [0.4, 0.5) is 0 Å². The number of fused-ring (bicyclic) bond motifs is 2. The predicted molar refractivity (Wildman–Crippen MR) is 48.4 cm³/mol. The van der Waals surface area contributed by atoms with Gasteiger partial charge in [-0.1, -0.05) is 0 Å². The van der Waals surface area contributed by atoms with Gasteiger partial charge in [0.05, 0.1) is 6.61 Å². The first kappa shape index (κ1) is 8.97. The number of carbonyl (C=O) groups excluding carboxylic acids is 1. The van der Waals surface area contributed by atoms with Gasteiger partial charge in [-0.25, -0.2) is 0 Å². The van der Waals surface area contributed by atoms with Crippen molar-refractivity contribution in [3.63, 3.8) is 0 Å². The van der Waals surface area contributed by atoms with Gasteiger partial charge in [0, 0.05) is 18.6 Å². The summed E-state index contributed by atoms with van der Waals surface area (Å²) in [7, 11) is 0. The lowest BCUT2D eigenvalue weighted by atomic mass is 10.1. The minimum absolute atomic E-state index is 0.111. The highest BCUT2D eigenvalue weighted by Crippen LogP contribution is 2.19. The number of hydrogen-bond acceptors (Lipinski definition) is 4. The molecule has 0 aliphatic carbocycles. The van der Waals surface area contributed by atoms with Crippen molar-refractivity contribution in [1.82, 2.24) is 10.6 Å². The van der Waals surface area contributed by atoms with E-state index in [-0.39, 0.29) is 18.1 Å². The maximum atomic E-state index is 11.5. The Balaban J connectivity index is 1.95. The van der Waals surface area contributed by atoms with Crippen LogP contribution in [-0.2, 0) is 9.53 Å². The first-order valence-corrected chi connectivity index (χ1v) is 4.97. The maximum Gasteiger partial charge on any atom is 0.324 e. The van der Waals surface area contributed by atoms with E-state index in [1.807, 2.05) is 6.92 Å². The molecule has 2 bridgehead atoms. The normalized spacial score (nSPS) is 37.5. The van der Waals surface area contributed by atoms with Crippen LogP contribution in [0.1, 0.15) is 19.8 Å². The highest BCUT2D eigenvalue weighted by molar-refractivity contribution is 5.77. The van der Waals surface area contributed by atoms with Crippen molar-refractivity contribution in [3.8, 4) is 0 Å². The van der Waals surface area contributed by atoms with Gasteiger partial charge in [-0.3, -0.25) is 4.79 Å². The summed E-state index contributed by atoms with van der Waals surface area (Å²) in [5.41, 5.74) is 0. The summed E-state index contributed by atoms with van der Waals surface area (Å²) in [5.74, 6) is -0.111. The molecule has 2 aliphatic heterocycles. The molecule has 2 rings (SSSR count). The average Bonchev–Trinajstić information content (AvgIpc) is 2.48. The Morgan fingerprint density at radius 1 is 1.54 bits per heavy atom. The Morgan fingerprint density at radius 2 is 2.38 bits per heavy atom. The molecule has 0 spiro atoms. The van der Waals surface area contributed by atoms with Gasteiger partial charge in [0.25, 0.3) is 0 Å². The van der Waals surface area contributed by atoms with Gasteiger partial charge in [0.2, 0.25) is 0 Å². The van der Waals surface area contributed by atoms with Gasteiger partial charge in [0.15, 0.2) is 0 Å². The molecule has 2 fully saturated rings. The summed E-state index contributed by atoms with van der Waals surface area (Å²) >= 11 is 0. The van der Waals surface area contributed by atoms with Gasteiger partial charge in [-0.2, -0.15) is 0 Å². The summed E-state index contributed by atoms with van der Waals surface area (Å²) in [4.78, 5) is 11.5. The molecule has 0 aromatic carbocycles. The van der Waals surface area contributed by atoms with Crippen molar-refractivity contribution in [2.45, 2.75) is 37.9 Å². The van der Waals surface area contributed by atoms with Gasteiger partial charge in [0.1, 0.15) is 6.04 Å². The molecule has 0 amide bonds. The van der Waals surface area contributed by atoms with Crippen molar-refractivity contribution >= 4 is 5.97 Å². The maximum absolute atomic E-state index is 11.5. The minimum atomic E-state index is -0.126. The van der Waals surface area contributed by atoms with E-state index in [4.69, 9.17) is 4.74 Å². The molecular formula is C9H16N2O2. The van der Waals surface area contributed by atoms with Crippen LogP contribution in [0.5, 0.6) is 0 Å². The monoisotopic (exact) mass is 184 g/mol. The predicted octanol–water partition coefficient (Wildman–Crippen LogP) is -0.358. The second kappa shape index (κ2) is 3.64. The standard InChI is InChI=1S/C9H16N2O2/c1-2-13-9(12)8-7-4-3-6(11-7)5-10-8/h6-8,10-11H,2-5H2,1H3/t6-,7+,8-/m0/s1. The minimum Gasteiger partial charge on any atom is -0.465 e. The molecular weight excluding hydrogens is 168 g/mol. The average molecular weight is 184 g/mol. The van der Waals surface area contributed by atoms with E-state index in [2.05, 4.69) is 10.6 Å². The van der Waals surface area contributed by atoms with E-state index in [9.17, 15) is 4.79 Å². The molecule has 2 aliphatic rings. The largest absolute Gasteiger partial charge is 0.465 e. The van der Waals surface area contributed by atoms with E-state index in [0.717, 1.165) is 13.0 Å². The highest BCUT2D eigenvalue weighted by atomic mass is 16.5. The van der Waals surface area contributed by atoms with Crippen molar-refractivity contribution in [1.29, 1.82) is 0 Å². The number of carbonyl (C=O) groups is 1. The molecule has 0 aromatic rings. The van der Waals surface area contributed by atoms with Crippen LogP contribution >= 0.6 is 0 Å². The lowest BCUT2D eigenvalue weighted by Crippen LogP contribution is -2.59. The van der Waals surface area contributed by atoms with E-state index >= 15 is 0 Å². The molecule has 0 saturated carbocycles. The number of rotatable bonds is 2. The molecule has 0 radical (unpaired) electrons. The molecule has 2 N–H and O–H groups in total. The van der Waals surface area contributed by atoms with Crippen LogP contribution in [0.25, 0.3) is 0 Å². The van der Waals surface area contributed by atoms with E-state index in [1.165, 1.54) is 6.42 Å². The fourth-order valence-corrected chi connectivity index (χ4v) is 2.17. The van der Waals surface area contributed by atoms with Crippen LogP contribution in [0, 0.1) is 0 Å². The highest BCUT2D eigenvalue weighted by Gasteiger charge is 2.39. The van der Waals surface area contributed by atoms with Crippen LogP contribution in [-0.4, -0.2) is 37.2 Å². The number of ether oxygens (including phenoxy) is 1. The van der Waals surface area contributed by atoms with E-state index in [1.54, 1.807) is 0 Å². The summed E-state index contributed by atoms with van der Waals surface area (Å²) in [6, 6.07) is 0.729. The zero-order valence-corrected chi connectivity index (χ0v) is 7.88. The van der Waals surface area contributed by atoms with Crippen molar-refractivity contribution < 1.29 is 9.53 Å². The molecule has 0 unspecified atom stereocenters. The summed E-state index contributed by atoms with van der Waals surface area (Å²) in [6.45, 7) is 3.19. The van der Waals surface area contributed by atoms with Crippen molar-refractivity contribution in [3.05, 3.63) is 0 Å². The number of esters is 1. The van der Waals surface area contributed by atoms with Gasteiger partial charge in [-0.15, -0.1) is 0 Å². The zero-order valence-electron chi connectivity index (χ0n) is 7.88. The fraction of sp³-hybridized carbons (Fsp3) is 0.889. The fourth-order valence-electron chi connectivity index (χ4n) is 2.17. The van der Waals surface area contributed by atoms with Crippen LogP contribution in [0.15, 0.2) is 0 Å². The Hall–Kier alpha value is -0.610. The third-order valence-electron chi connectivity index (χ3n) is 2.80. The van der Waals surface area contributed by atoms with Crippen LogP contribution in [0.2, 0.25) is 0 Å². The molecule has 4 heteroatoms. The second-order valence-electron chi connectivity index (χ2n) is 3.69. The number of piperazine rings is 1. The molecule has 3 atom stereocenters. The zero-order chi connectivity index (χ0) is 9.26. The van der Waals surface area contributed by atoms with Gasteiger partial charge in [-0.05, 0) is 19.8 Å². The lowest BCUT2D eigenvalue weighted by Gasteiger charge is -2.29. The summed E-state index contributed by atoms with van der Waals surface area (Å²) < 4.78 is 4.99. The third kappa shape index (κ3) is 1.69. The van der Waals surface area contributed by atoms with Crippen LogP contribution < -0.4 is 10.6 Å². The SMILES string of the molecule is CCOC(=O)[C@H]1NC[C@@H]2CC[C@H]1N2. The Bertz CT molecular complexity index is 208. The molecule has 0 aromatic heterocycles. The second-order valence-corrected chi connectivity index (χ2v) is 3.69. The summed E-state index contributed by atoms with van der Waals surface area (Å²) in [6.07, 6.45) is 2.26. The lowest BCUT2D eigenvalue weighted by molar-refractivity contribution is -0.146. The van der Waals surface area contributed by atoms with Crippen molar-refractivity contribution in [2.24, 2.45) is 0 Å².